The molecule has 0 spiro atoms. The van der Waals surface area contributed by atoms with Crippen molar-refractivity contribution >= 4 is 11.7 Å². The number of carbonyl (C=O) groups excluding carboxylic acids is 1. The maximum atomic E-state index is 12.1. The SMILES string of the molecule is CCN(CC)c1ccc(CNC(=O)CCc2ccc3c(c2)OCO3)cn1. The number of nitrogens with zero attached hydrogens (tertiary/aromatic N) is 2. The molecule has 1 aromatic carbocycles. The van der Waals surface area contributed by atoms with Crippen molar-refractivity contribution < 1.29 is 14.3 Å². The van der Waals surface area contributed by atoms with Crippen LogP contribution >= 0.6 is 0 Å². The molecule has 0 fully saturated rings. The minimum atomic E-state index is 0.0236. The van der Waals surface area contributed by atoms with Gasteiger partial charge in [0.15, 0.2) is 11.5 Å². The van der Waals surface area contributed by atoms with Gasteiger partial charge in [-0.25, -0.2) is 4.98 Å². The fourth-order valence-corrected chi connectivity index (χ4v) is 2.90. The van der Waals surface area contributed by atoms with Gasteiger partial charge in [0.2, 0.25) is 12.7 Å². The Bertz CT molecular complexity index is 742. The first-order valence-electron chi connectivity index (χ1n) is 9.04. The second kappa shape index (κ2) is 8.56. The molecule has 1 aliphatic rings. The molecule has 0 unspecified atom stereocenters. The lowest BCUT2D eigenvalue weighted by molar-refractivity contribution is -0.121. The summed E-state index contributed by atoms with van der Waals surface area (Å²) in [5, 5.41) is 2.95. The van der Waals surface area contributed by atoms with E-state index in [1.54, 1.807) is 0 Å². The van der Waals surface area contributed by atoms with E-state index >= 15 is 0 Å². The van der Waals surface area contributed by atoms with E-state index in [9.17, 15) is 4.79 Å². The Kier molecular flexibility index (Phi) is 5.94. The quantitative estimate of drug-likeness (QED) is 0.789. The summed E-state index contributed by atoms with van der Waals surface area (Å²) >= 11 is 0. The predicted octanol–water partition coefficient (Wildman–Crippen LogP) is 2.91. The molecular weight excluding hydrogens is 330 g/mol. The summed E-state index contributed by atoms with van der Waals surface area (Å²) in [7, 11) is 0. The number of amides is 1. The molecule has 138 valence electrons. The zero-order valence-electron chi connectivity index (χ0n) is 15.3. The summed E-state index contributed by atoms with van der Waals surface area (Å²) in [6, 6.07) is 9.81. The van der Waals surface area contributed by atoms with Crippen molar-refractivity contribution in [3.8, 4) is 11.5 Å². The van der Waals surface area contributed by atoms with Gasteiger partial charge in [-0.2, -0.15) is 0 Å². The number of nitrogens with one attached hydrogen (secondary N) is 1. The first-order chi connectivity index (χ1) is 12.7. The largest absolute Gasteiger partial charge is 0.454 e. The van der Waals surface area contributed by atoms with Gasteiger partial charge in [0.05, 0.1) is 0 Å². The number of aromatic nitrogens is 1. The zero-order chi connectivity index (χ0) is 18.4. The van der Waals surface area contributed by atoms with E-state index in [2.05, 4.69) is 29.0 Å². The Balaban J connectivity index is 1.45. The zero-order valence-corrected chi connectivity index (χ0v) is 15.3. The third-order valence-corrected chi connectivity index (χ3v) is 4.46. The van der Waals surface area contributed by atoms with E-state index in [0.717, 1.165) is 41.5 Å². The van der Waals surface area contributed by atoms with Crippen LogP contribution in [0, 0.1) is 0 Å². The van der Waals surface area contributed by atoms with Gasteiger partial charge in [-0.1, -0.05) is 12.1 Å². The van der Waals surface area contributed by atoms with Crippen molar-refractivity contribution in [2.75, 3.05) is 24.8 Å². The minimum Gasteiger partial charge on any atom is -0.454 e. The van der Waals surface area contributed by atoms with Crippen LogP contribution in [0.25, 0.3) is 0 Å². The first-order valence-corrected chi connectivity index (χ1v) is 9.04. The fraction of sp³-hybridized carbons (Fsp3) is 0.400. The summed E-state index contributed by atoms with van der Waals surface area (Å²) in [5.41, 5.74) is 2.06. The van der Waals surface area contributed by atoms with Crippen LogP contribution in [-0.2, 0) is 17.8 Å². The van der Waals surface area contributed by atoms with Crippen LogP contribution in [-0.4, -0.2) is 30.8 Å². The third kappa shape index (κ3) is 4.45. The van der Waals surface area contributed by atoms with Gasteiger partial charge in [-0.05, 0) is 49.6 Å². The summed E-state index contributed by atoms with van der Waals surface area (Å²) in [6.45, 7) is 6.84. The van der Waals surface area contributed by atoms with Gasteiger partial charge >= 0.3 is 0 Å². The number of hydrogen-bond acceptors (Lipinski definition) is 5. The molecular formula is C20H25N3O3. The van der Waals surface area contributed by atoms with E-state index in [1.165, 1.54) is 0 Å². The average molecular weight is 355 g/mol. The molecule has 6 heteroatoms. The number of pyridine rings is 1. The van der Waals surface area contributed by atoms with Crippen molar-refractivity contribution in [1.82, 2.24) is 10.3 Å². The molecule has 0 saturated heterocycles. The Morgan fingerprint density at radius 3 is 2.62 bits per heavy atom. The highest BCUT2D eigenvalue weighted by molar-refractivity contribution is 5.76. The molecule has 0 radical (unpaired) electrons. The number of hydrogen-bond donors (Lipinski definition) is 1. The molecule has 26 heavy (non-hydrogen) atoms. The van der Waals surface area contributed by atoms with Crippen molar-refractivity contribution in [1.29, 1.82) is 0 Å². The Labute approximate surface area is 154 Å². The lowest BCUT2D eigenvalue weighted by atomic mass is 10.1. The van der Waals surface area contributed by atoms with Crippen molar-refractivity contribution in [2.24, 2.45) is 0 Å². The standard InChI is InChI=1S/C20H25N3O3/c1-3-23(4-2)19-9-6-16(12-21-19)13-22-20(24)10-7-15-5-8-17-18(11-15)26-14-25-17/h5-6,8-9,11-12H,3-4,7,10,13-14H2,1-2H3,(H,22,24). The monoisotopic (exact) mass is 355 g/mol. The van der Waals surface area contributed by atoms with Crippen molar-refractivity contribution in [2.45, 2.75) is 33.2 Å². The van der Waals surface area contributed by atoms with Crippen LogP contribution in [0.2, 0.25) is 0 Å². The van der Waals surface area contributed by atoms with E-state index in [1.807, 2.05) is 36.5 Å². The number of carbonyl (C=O) groups is 1. The maximum Gasteiger partial charge on any atom is 0.231 e. The van der Waals surface area contributed by atoms with Gasteiger partial charge < -0.3 is 19.7 Å². The normalized spacial score (nSPS) is 12.1. The number of benzene rings is 1. The number of anilines is 1. The third-order valence-electron chi connectivity index (χ3n) is 4.46. The molecule has 6 nitrogen and oxygen atoms in total. The lowest BCUT2D eigenvalue weighted by Gasteiger charge is -2.19. The molecule has 1 amide bonds. The van der Waals surface area contributed by atoms with Gasteiger partial charge in [0, 0.05) is 32.3 Å². The molecule has 0 aliphatic carbocycles. The topological polar surface area (TPSA) is 63.7 Å². The molecule has 0 saturated carbocycles. The number of fused-ring (bicyclic) bond motifs is 1. The van der Waals surface area contributed by atoms with Crippen LogP contribution < -0.4 is 19.7 Å². The predicted molar refractivity (Wildman–Crippen MR) is 101 cm³/mol. The summed E-state index contributed by atoms with van der Waals surface area (Å²) in [6.07, 6.45) is 2.93. The van der Waals surface area contributed by atoms with Crippen LogP contribution in [0.4, 0.5) is 5.82 Å². The Morgan fingerprint density at radius 2 is 1.88 bits per heavy atom. The van der Waals surface area contributed by atoms with Gasteiger partial charge in [0.25, 0.3) is 0 Å². The second-order valence-electron chi connectivity index (χ2n) is 6.16. The molecule has 2 heterocycles. The maximum absolute atomic E-state index is 12.1. The van der Waals surface area contributed by atoms with Crippen LogP contribution in [0.1, 0.15) is 31.4 Å². The Morgan fingerprint density at radius 1 is 1.12 bits per heavy atom. The smallest absolute Gasteiger partial charge is 0.231 e. The molecule has 1 aromatic heterocycles. The minimum absolute atomic E-state index is 0.0236. The highest BCUT2D eigenvalue weighted by atomic mass is 16.7. The van der Waals surface area contributed by atoms with E-state index in [4.69, 9.17) is 9.47 Å². The number of aryl methyl sites for hydroxylation is 1. The summed E-state index contributed by atoms with van der Waals surface area (Å²) in [4.78, 5) is 18.8. The molecule has 1 N–H and O–H groups in total. The van der Waals surface area contributed by atoms with E-state index < -0.39 is 0 Å². The molecule has 1 aliphatic heterocycles. The highest BCUT2D eigenvalue weighted by Gasteiger charge is 2.13. The molecule has 3 rings (SSSR count). The van der Waals surface area contributed by atoms with Gasteiger partial charge in [-0.15, -0.1) is 0 Å². The first kappa shape index (κ1) is 18.0. The number of rotatable bonds is 8. The number of ether oxygens (including phenoxy) is 2. The van der Waals surface area contributed by atoms with E-state index in [0.29, 0.717) is 19.4 Å². The second-order valence-corrected chi connectivity index (χ2v) is 6.16. The lowest BCUT2D eigenvalue weighted by Crippen LogP contribution is -2.24. The van der Waals surface area contributed by atoms with Crippen LogP contribution in [0.3, 0.4) is 0 Å². The van der Waals surface area contributed by atoms with Crippen molar-refractivity contribution in [3.05, 3.63) is 47.7 Å². The molecule has 2 aromatic rings. The van der Waals surface area contributed by atoms with Crippen LogP contribution in [0.15, 0.2) is 36.5 Å². The van der Waals surface area contributed by atoms with E-state index in [-0.39, 0.29) is 12.7 Å². The average Bonchev–Trinajstić information content (AvgIpc) is 3.14. The van der Waals surface area contributed by atoms with Crippen LogP contribution in [0.5, 0.6) is 11.5 Å². The summed E-state index contributed by atoms with van der Waals surface area (Å²) < 4.78 is 10.7. The summed E-state index contributed by atoms with van der Waals surface area (Å²) in [5.74, 6) is 2.50. The van der Waals surface area contributed by atoms with Gasteiger partial charge in [0.1, 0.15) is 5.82 Å². The van der Waals surface area contributed by atoms with Gasteiger partial charge in [-0.3, -0.25) is 4.79 Å². The Hall–Kier alpha value is -2.76. The molecule has 0 bridgehead atoms. The fourth-order valence-electron chi connectivity index (χ4n) is 2.90. The van der Waals surface area contributed by atoms with Crippen molar-refractivity contribution in [3.63, 3.8) is 0 Å². The molecule has 0 atom stereocenters. The highest BCUT2D eigenvalue weighted by Crippen LogP contribution is 2.32.